The first kappa shape index (κ1) is 23.5. The number of rotatable bonds is 5. The van der Waals surface area contributed by atoms with Gasteiger partial charge in [-0.25, -0.2) is 0 Å². The second-order valence-electron chi connectivity index (χ2n) is 9.45. The maximum Gasteiger partial charge on any atom is 0.252 e. The minimum absolute atomic E-state index is 0.0672. The van der Waals surface area contributed by atoms with Gasteiger partial charge in [-0.1, -0.05) is 18.2 Å². The van der Waals surface area contributed by atoms with Crippen molar-refractivity contribution in [1.29, 1.82) is 0 Å². The topological polar surface area (TPSA) is 54.5 Å². The van der Waals surface area contributed by atoms with E-state index in [2.05, 4.69) is 58.0 Å². The lowest BCUT2D eigenvalue weighted by Gasteiger charge is -2.24. The molecular weight excluding hydrogens is 454 g/mol. The Morgan fingerprint density at radius 3 is 2.54 bits per heavy atom. The van der Waals surface area contributed by atoms with E-state index in [4.69, 9.17) is 4.74 Å². The number of nitrogens with zero attached hydrogens (tertiary/aromatic N) is 2. The fourth-order valence-electron chi connectivity index (χ4n) is 4.48. The number of benzene rings is 2. The predicted molar refractivity (Wildman–Crippen MR) is 143 cm³/mol. The Hall–Kier alpha value is -3.22. The van der Waals surface area contributed by atoms with E-state index in [0.717, 1.165) is 40.4 Å². The van der Waals surface area contributed by atoms with E-state index in [1.807, 2.05) is 37.4 Å². The number of thiophene rings is 1. The van der Waals surface area contributed by atoms with Crippen LogP contribution in [0.4, 0.5) is 0 Å². The molecule has 5 nitrogen and oxygen atoms in total. The van der Waals surface area contributed by atoms with Crippen LogP contribution in [0.1, 0.15) is 40.7 Å². The number of fused-ring (bicyclic) bond motifs is 1. The maximum atomic E-state index is 13.2. The van der Waals surface area contributed by atoms with Crippen molar-refractivity contribution in [3.63, 3.8) is 0 Å². The molecule has 1 amide bonds. The van der Waals surface area contributed by atoms with Crippen LogP contribution < -0.4 is 10.1 Å². The van der Waals surface area contributed by atoms with E-state index in [-0.39, 0.29) is 11.4 Å². The Labute approximate surface area is 210 Å². The summed E-state index contributed by atoms with van der Waals surface area (Å²) < 4.78 is 5.32. The van der Waals surface area contributed by atoms with Gasteiger partial charge in [-0.05, 0) is 105 Å². The number of likely N-dealkylation sites (tertiary alicyclic amines) is 1. The fourth-order valence-corrected chi connectivity index (χ4v) is 5.20. The van der Waals surface area contributed by atoms with E-state index in [1.54, 1.807) is 18.4 Å². The lowest BCUT2D eigenvalue weighted by Crippen LogP contribution is -2.35. The normalized spacial score (nSPS) is 16.1. The van der Waals surface area contributed by atoms with Gasteiger partial charge in [-0.2, -0.15) is 0 Å². The Kier molecular flexibility index (Phi) is 6.58. The van der Waals surface area contributed by atoms with E-state index >= 15 is 0 Å². The molecule has 6 rings (SSSR count). The van der Waals surface area contributed by atoms with Gasteiger partial charge < -0.3 is 15.0 Å². The summed E-state index contributed by atoms with van der Waals surface area (Å²) >= 11 is 1.71. The van der Waals surface area contributed by atoms with Crippen molar-refractivity contribution in [2.24, 2.45) is 0 Å². The predicted octanol–water partition coefficient (Wildman–Crippen LogP) is 6.02. The largest absolute Gasteiger partial charge is 0.497 e. The van der Waals surface area contributed by atoms with Crippen LogP contribution in [0.25, 0.3) is 21.3 Å². The van der Waals surface area contributed by atoms with Gasteiger partial charge in [-0.15, -0.1) is 11.3 Å². The van der Waals surface area contributed by atoms with Crippen LogP contribution in [-0.4, -0.2) is 43.0 Å². The number of methoxy groups -OCH3 is 1. The number of pyridine rings is 1. The van der Waals surface area contributed by atoms with Crippen LogP contribution in [0.5, 0.6) is 5.75 Å². The van der Waals surface area contributed by atoms with E-state index in [9.17, 15) is 4.79 Å². The SMILES string of the molecule is CN1CCC1.COc1ccc(C)c(C(=O)NC2(c3cc(-c4cccs4)cc4ncccc34)CC2)c1. The minimum Gasteiger partial charge on any atom is -0.497 e. The highest BCUT2D eigenvalue weighted by molar-refractivity contribution is 7.13. The van der Waals surface area contributed by atoms with Crippen molar-refractivity contribution in [2.75, 3.05) is 27.2 Å². The van der Waals surface area contributed by atoms with Gasteiger partial charge in [0.15, 0.2) is 0 Å². The number of ether oxygens (including phenoxy) is 1. The van der Waals surface area contributed by atoms with Crippen molar-refractivity contribution < 1.29 is 9.53 Å². The quantitative estimate of drug-likeness (QED) is 0.375. The van der Waals surface area contributed by atoms with E-state index in [1.165, 1.54) is 24.4 Å². The average molecular weight is 486 g/mol. The molecule has 3 heterocycles. The summed E-state index contributed by atoms with van der Waals surface area (Å²) in [4.78, 5) is 21.3. The maximum absolute atomic E-state index is 13.2. The summed E-state index contributed by atoms with van der Waals surface area (Å²) in [6.45, 7) is 4.59. The zero-order chi connectivity index (χ0) is 24.4. The summed E-state index contributed by atoms with van der Waals surface area (Å²) in [6.07, 6.45) is 5.07. The molecule has 1 aliphatic carbocycles. The second-order valence-corrected chi connectivity index (χ2v) is 10.4. The Morgan fingerprint density at radius 2 is 1.91 bits per heavy atom. The third-order valence-corrected chi connectivity index (χ3v) is 7.83. The molecule has 1 saturated carbocycles. The molecule has 0 spiro atoms. The van der Waals surface area contributed by atoms with Crippen LogP contribution in [-0.2, 0) is 5.54 Å². The summed E-state index contributed by atoms with van der Waals surface area (Å²) in [6, 6.07) is 18.2. The molecule has 2 aromatic heterocycles. The standard InChI is InChI=1S/C25H22N2O2S.C4H9N/c1-16-7-8-18(29-2)15-20(16)24(28)27-25(9-10-25)21-13-17(23-6-4-12-30-23)14-22-19(21)5-3-11-26-22;1-5-3-2-4-5/h3-8,11-15H,9-10H2,1-2H3,(H,27,28);2-4H2,1H3. The first-order chi connectivity index (χ1) is 17.0. The number of aromatic nitrogens is 1. The van der Waals surface area contributed by atoms with Crippen LogP contribution in [0.2, 0.25) is 0 Å². The van der Waals surface area contributed by atoms with Gasteiger partial charge >= 0.3 is 0 Å². The molecule has 1 aliphatic heterocycles. The third kappa shape index (κ3) is 4.95. The lowest BCUT2D eigenvalue weighted by atomic mass is 9.95. The number of carbonyl (C=O) groups excluding carboxylic acids is 1. The Balaban J connectivity index is 0.000000453. The van der Waals surface area contributed by atoms with Crippen molar-refractivity contribution in [1.82, 2.24) is 15.2 Å². The van der Waals surface area contributed by atoms with Crippen LogP contribution in [0, 0.1) is 6.92 Å². The number of nitrogens with one attached hydrogen (secondary N) is 1. The number of aryl methyl sites for hydroxylation is 1. The zero-order valence-electron chi connectivity index (χ0n) is 20.5. The van der Waals surface area contributed by atoms with Gasteiger partial charge in [-0.3, -0.25) is 9.78 Å². The summed E-state index contributed by atoms with van der Waals surface area (Å²) in [7, 11) is 3.76. The molecule has 0 unspecified atom stereocenters. The van der Waals surface area contributed by atoms with E-state index < -0.39 is 0 Å². The third-order valence-electron chi connectivity index (χ3n) is 6.91. The first-order valence-electron chi connectivity index (χ1n) is 12.1. The van der Waals surface area contributed by atoms with Crippen molar-refractivity contribution in [3.8, 4) is 16.2 Å². The minimum atomic E-state index is -0.360. The molecule has 4 aromatic rings. The van der Waals surface area contributed by atoms with Crippen LogP contribution in [0.3, 0.4) is 0 Å². The molecule has 6 heteroatoms. The lowest BCUT2D eigenvalue weighted by molar-refractivity contribution is 0.0930. The summed E-state index contributed by atoms with van der Waals surface area (Å²) in [5.74, 6) is 0.618. The van der Waals surface area contributed by atoms with Crippen molar-refractivity contribution in [3.05, 3.63) is 82.9 Å². The summed E-state index contributed by atoms with van der Waals surface area (Å²) in [5.41, 5.74) is 4.47. The smallest absolute Gasteiger partial charge is 0.252 e. The molecule has 0 bridgehead atoms. The zero-order valence-corrected chi connectivity index (χ0v) is 21.3. The monoisotopic (exact) mass is 485 g/mol. The van der Waals surface area contributed by atoms with Crippen molar-refractivity contribution >= 4 is 28.1 Å². The number of carbonyl (C=O) groups is 1. The van der Waals surface area contributed by atoms with Gasteiger partial charge in [0.1, 0.15) is 5.75 Å². The average Bonchev–Trinajstić information content (AvgIpc) is 3.42. The number of hydrogen-bond donors (Lipinski definition) is 1. The van der Waals surface area contributed by atoms with Gasteiger partial charge in [0.05, 0.1) is 18.2 Å². The van der Waals surface area contributed by atoms with Crippen LogP contribution >= 0.6 is 11.3 Å². The second kappa shape index (κ2) is 9.80. The molecule has 1 N–H and O–H groups in total. The molecular formula is C29H31N3O2S. The molecule has 0 atom stereocenters. The van der Waals surface area contributed by atoms with E-state index in [0.29, 0.717) is 11.3 Å². The highest BCUT2D eigenvalue weighted by atomic mass is 32.1. The van der Waals surface area contributed by atoms with Crippen LogP contribution in [0.15, 0.2) is 66.2 Å². The molecule has 180 valence electrons. The van der Waals surface area contributed by atoms with Gasteiger partial charge in [0.25, 0.3) is 5.91 Å². The number of hydrogen-bond acceptors (Lipinski definition) is 5. The highest BCUT2D eigenvalue weighted by Crippen LogP contribution is 2.49. The van der Waals surface area contributed by atoms with Crippen molar-refractivity contribution in [2.45, 2.75) is 31.7 Å². The highest BCUT2D eigenvalue weighted by Gasteiger charge is 2.47. The molecule has 35 heavy (non-hydrogen) atoms. The number of amides is 1. The first-order valence-corrected chi connectivity index (χ1v) is 13.0. The molecule has 2 aliphatic rings. The molecule has 1 saturated heterocycles. The molecule has 2 fully saturated rings. The Bertz CT molecular complexity index is 1340. The summed E-state index contributed by atoms with van der Waals surface area (Å²) in [5, 5.41) is 6.51. The fraction of sp³-hybridized carbons (Fsp3) is 0.310. The van der Waals surface area contributed by atoms with Gasteiger partial charge in [0, 0.05) is 22.0 Å². The molecule has 2 aromatic carbocycles. The van der Waals surface area contributed by atoms with Gasteiger partial charge in [0.2, 0.25) is 0 Å². The Morgan fingerprint density at radius 1 is 1.11 bits per heavy atom. The molecule has 0 radical (unpaired) electrons.